The molecular formula is C19H20N2OS. The van der Waals surface area contributed by atoms with E-state index >= 15 is 0 Å². The third-order valence-corrected chi connectivity index (χ3v) is 4.45. The Morgan fingerprint density at radius 3 is 2.61 bits per heavy atom. The predicted octanol–water partition coefficient (Wildman–Crippen LogP) is 4.05. The van der Waals surface area contributed by atoms with Gasteiger partial charge < -0.3 is 5.32 Å². The molecule has 2 aromatic carbocycles. The number of carbonyl (C=O) groups excluding carboxylic acids is 1. The summed E-state index contributed by atoms with van der Waals surface area (Å²) in [5, 5.41) is 11.8. The minimum absolute atomic E-state index is 0.0772. The summed E-state index contributed by atoms with van der Waals surface area (Å²) in [4.78, 5) is 13.3. The number of hydrogen-bond donors (Lipinski definition) is 1. The van der Waals surface area contributed by atoms with Crippen molar-refractivity contribution < 1.29 is 4.79 Å². The summed E-state index contributed by atoms with van der Waals surface area (Å²) < 4.78 is 0. The number of amides is 1. The highest BCUT2D eigenvalue weighted by atomic mass is 32.2. The fourth-order valence-corrected chi connectivity index (χ4v) is 3.00. The molecule has 2 rings (SSSR count). The quantitative estimate of drug-likeness (QED) is 0.782. The first-order valence-electron chi connectivity index (χ1n) is 7.64. The maximum Gasteiger partial charge on any atom is 0.252 e. The van der Waals surface area contributed by atoms with Crippen molar-refractivity contribution in [1.29, 1.82) is 5.26 Å². The lowest BCUT2D eigenvalue weighted by molar-refractivity contribution is 0.0935. The number of hydrogen-bond acceptors (Lipinski definition) is 3. The molecule has 2 aromatic rings. The number of nitriles is 1. The van der Waals surface area contributed by atoms with Crippen molar-refractivity contribution in [1.82, 2.24) is 5.32 Å². The molecule has 1 N–H and O–H groups in total. The van der Waals surface area contributed by atoms with Gasteiger partial charge in [-0.05, 0) is 37.5 Å². The van der Waals surface area contributed by atoms with Crippen LogP contribution in [0.3, 0.4) is 0 Å². The molecule has 1 atom stereocenters. The van der Waals surface area contributed by atoms with Crippen molar-refractivity contribution in [2.45, 2.75) is 30.7 Å². The first-order chi connectivity index (χ1) is 11.2. The molecule has 0 saturated carbocycles. The van der Waals surface area contributed by atoms with Crippen LogP contribution in [0.1, 0.15) is 29.3 Å². The van der Waals surface area contributed by atoms with Crippen LogP contribution >= 0.6 is 11.8 Å². The average molecular weight is 324 g/mol. The van der Waals surface area contributed by atoms with E-state index < -0.39 is 0 Å². The van der Waals surface area contributed by atoms with Gasteiger partial charge in [-0.2, -0.15) is 5.26 Å². The van der Waals surface area contributed by atoms with Gasteiger partial charge in [0.2, 0.25) is 0 Å². The van der Waals surface area contributed by atoms with Crippen molar-refractivity contribution >= 4 is 17.7 Å². The normalized spacial score (nSPS) is 11.5. The zero-order valence-corrected chi connectivity index (χ0v) is 14.0. The lowest BCUT2D eigenvalue weighted by Crippen LogP contribution is -2.33. The largest absolute Gasteiger partial charge is 0.350 e. The molecule has 0 aliphatic heterocycles. The average Bonchev–Trinajstić information content (AvgIpc) is 2.59. The van der Waals surface area contributed by atoms with E-state index in [0.29, 0.717) is 11.3 Å². The molecular weight excluding hydrogens is 304 g/mol. The lowest BCUT2D eigenvalue weighted by atomic mass is 10.1. The molecule has 0 heterocycles. The predicted molar refractivity (Wildman–Crippen MR) is 94.5 cm³/mol. The third kappa shape index (κ3) is 5.46. The lowest BCUT2D eigenvalue weighted by Gasteiger charge is -2.15. The maximum atomic E-state index is 12.4. The Labute approximate surface area is 141 Å². The fourth-order valence-electron chi connectivity index (χ4n) is 2.29. The molecule has 0 fully saturated rings. The van der Waals surface area contributed by atoms with E-state index in [-0.39, 0.29) is 11.9 Å². The Kier molecular flexibility index (Phi) is 6.71. The second-order valence-electron chi connectivity index (χ2n) is 5.34. The van der Waals surface area contributed by atoms with E-state index in [9.17, 15) is 4.79 Å². The number of rotatable bonds is 7. The van der Waals surface area contributed by atoms with Gasteiger partial charge in [0.25, 0.3) is 5.91 Å². The molecule has 3 nitrogen and oxygen atoms in total. The van der Waals surface area contributed by atoms with Crippen LogP contribution in [0.4, 0.5) is 0 Å². The summed E-state index contributed by atoms with van der Waals surface area (Å²) in [6.07, 6.45) is 1.83. The van der Waals surface area contributed by atoms with Gasteiger partial charge in [0.05, 0.1) is 17.4 Å². The van der Waals surface area contributed by atoms with Crippen LogP contribution in [0.25, 0.3) is 0 Å². The second-order valence-corrected chi connectivity index (χ2v) is 6.36. The van der Waals surface area contributed by atoms with Crippen molar-refractivity contribution in [2.75, 3.05) is 5.75 Å². The van der Waals surface area contributed by atoms with Crippen LogP contribution in [0.5, 0.6) is 0 Å². The van der Waals surface area contributed by atoms with Crippen LogP contribution in [-0.2, 0) is 6.42 Å². The highest BCUT2D eigenvalue weighted by Crippen LogP contribution is 2.22. The molecule has 1 amide bonds. The van der Waals surface area contributed by atoms with Gasteiger partial charge in [-0.1, -0.05) is 42.5 Å². The number of nitrogens with zero attached hydrogens (tertiary/aromatic N) is 1. The van der Waals surface area contributed by atoms with Gasteiger partial charge in [0.1, 0.15) is 0 Å². The van der Waals surface area contributed by atoms with Crippen LogP contribution < -0.4 is 5.32 Å². The number of benzene rings is 2. The summed E-state index contributed by atoms with van der Waals surface area (Å²) in [7, 11) is 0. The highest BCUT2D eigenvalue weighted by molar-refractivity contribution is 7.99. The van der Waals surface area contributed by atoms with E-state index in [2.05, 4.69) is 23.5 Å². The Bertz CT molecular complexity index is 679. The van der Waals surface area contributed by atoms with Gasteiger partial charge in [-0.3, -0.25) is 4.79 Å². The summed E-state index contributed by atoms with van der Waals surface area (Å²) in [6, 6.07) is 19.9. The monoisotopic (exact) mass is 324 g/mol. The zero-order chi connectivity index (χ0) is 16.5. The Balaban J connectivity index is 1.92. The summed E-state index contributed by atoms with van der Waals surface area (Å²) in [6.45, 7) is 2.02. The SMILES string of the molecule is C[C@H](CCc1ccccc1)NC(=O)c1ccccc1SCC#N. The van der Waals surface area contributed by atoms with Gasteiger partial charge >= 0.3 is 0 Å². The molecule has 23 heavy (non-hydrogen) atoms. The number of carbonyl (C=O) groups is 1. The third-order valence-electron chi connectivity index (χ3n) is 3.51. The van der Waals surface area contributed by atoms with E-state index in [0.717, 1.165) is 17.7 Å². The summed E-state index contributed by atoms with van der Waals surface area (Å²) in [5.41, 5.74) is 1.91. The number of aryl methyl sites for hydroxylation is 1. The Hall–Kier alpha value is -2.25. The molecule has 0 saturated heterocycles. The molecule has 0 unspecified atom stereocenters. The minimum Gasteiger partial charge on any atom is -0.350 e. The second kappa shape index (κ2) is 9.02. The van der Waals surface area contributed by atoms with Crippen molar-refractivity contribution in [3.8, 4) is 6.07 Å². The van der Waals surface area contributed by atoms with Gasteiger partial charge in [0, 0.05) is 10.9 Å². The van der Waals surface area contributed by atoms with Crippen LogP contribution in [-0.4, -0.2) is 17.7 Å². The molecule has 0 bridgehead atoms. The van der Waals surface area contributed by atoms with E-state index in [1.165, 1.54) is 17.3 Å². The summed E-state index contributed by atoms with van der Waals surface area (Å²) in [5.74, 6) is 0.264. The van der Waals surface area contributed by atoms with Crippen LogP contribution in [0.2, 0.25) is 0 Å². The van der Waals surface area contributed by atoms with Gasteiger partial charge in [-0.25, -0.2) is 0 Å². The van der Waals surface area contributed by atoms with Crippen LogP contribution in [0, 0.1) is 11.3 Å². The molecule has 118 valence electrons. The fraction of sp³-hybridized carbons (Fsp3) is 0.263. The van der Waals surface area contributed by atoms with E-state index in [1.807, 2.05) is 43.3 Å². The number of thioether (sulfide) groups is 1. The van der Waals surface area contributed by atoms with Gasteiger partial charge in [0.15, 0.2) is 0 Å². The molecule has 0 spiro atoms. The van der Waals surface area contributed by atoms with E-state index in [1.54, 1.807) is 6.07 Å². The van der Waals surface area contributed by atoms with Crippen LogP contribution in [0.15, 0.2) is 59.5 Å². The maximum absolute atomic E-state index is 12.4. The molecule has 4 heteroatoms. The smallest absolute Gasteiger partial charge is 0.252 e. The van der Waals surface area contributed by atoms with E-state index in [4.69, 9.17) is 5.26 Å². The molecule has 0 aromatic heterocycles. The van der Waals surface area contributed by atoms with Gasteiger partial charge in [-0.15, -0.1) is 11.8 Å². The number of nitrogens with one attached hydrogen (secondary N) is 1. The molecule has 0 radical (unpaired) electrons. The zero-order valence-electron chi connectivity index (χ0n) is 13.2. The molecule has 0 aliphatic carbocycles. The molecule has 0 aliphatic rings. The van der Waals surface area contributed by atoms with Crippen molar-refractivity contribution in [3.05, 3.63) is 65.7 Å². The summed E-state index contributed by atoms with van der Waals surface area (Å²) >= 11 is 1.39. The Morgan fingerprint density at radius 2 is 1.87 bits per heavy atom. The standard InChI is InChI=1S/C19H20N2OS/c1-15(11-12-16-7-3-2-4-8-16)21-19(22)17-9-5-6-10-18(17)23-14-13-20/h2-10,15H,11-12,14H2,1H3,(H,21,22)/t15-/m1/s1. The Morgan fingerprint density at radius 1 is 1.17 bits per heavy atom. The minimum atomic E-state index is -0.0772. The van der Waals surface area contributed by atoms with Crippen molar-refractivity contribution in [2.24, 2.45) is 0 Å². The first kappa shape index (κ1) is 17.1. The first-order valence-corrected chi connectivity index (χ1v) is 8.63. The highest BCUT2D eigenvalue weighted by Gasteiger charge is 2.13. The van der Waals surface area contributed by atoms with Crippen molar-refractivity contribution in [3.63, 3.8) is 0 Å². The topological polar surface area (TPSA) is 52.9 Å².